The Morgan fingerprint density at radius 1 is 1.33 bits per heavy atom. The molecule has 0 spiro atoms. The Kier molecular flexibility index (Phi) is 4.40. The second kappa shape index (κ2) is 6.49. The normalized spacial score (nSPS) is 16.2. The molecule has 1 N–H and O–H groups in total. The fraction of sp³-hybridized carbons (Fsp3) is 0.235. The molecule has 7 heteroatoms. The fourth-order valence-corrected chi connectivity index (χ4v) is 2.85. The molecule has 124 valence electrons. The van der Waals surface area contributed by atoms with E-state index in [0.29, 0.717) is 5.02 Å². The van der Waals surface area contributed by atoms with E-state index in [-0.39, 0.29) is 29.9 Å². The van der Waals surface area contributed by atoms with Gasteiger partial charge in [-0.1, -0.05) is 23.7 Å². The minimum Gasteiger partial charge on any atom is -0.462 e. The van der Waals surface area contributed by atoms with Gasteiger partial charge in [0.1, 0.15) is 5.56 Å². The molecule has 1 aliphatic rings. The van der Waals surface area contributed by atoms with E-state index in [0.717, 1.165) is 5.56 Å². The lowest BCUT2D eigenvalue weighted by molar-refractivity contribution is -0.135. The van der Waals surface area contributed by atoms with Gasteiger partial charge in [-0.3, -0.25) is 9.59 Å². The predicted molar refractivity (Wildman–Crippen MR) is 86.6 cm³/mol. The molecule has 1 aliphatic heterocycles. The molecule has 0 unspecified atom stereocenters. The van der Waals surface area contributed by atoms with Crippen molar-refractivity contribution in [3.63, 3.8) is 0 Å². The number of nitrogens with one attached hydrogen (secondary N) is 1. The van der Waals surface area contributed by atoms with Crippen molar-refractivity contribution in [2.45, 2.75) is 19.3 Å². The average molecular weight is 348 g/mol. The zero-order valence-corrected chi connectivity index (χ0v) is 13.6. The summed E-state index contributed by atoms with van der Waals surface area (Å²) in [6.45, 7) is 1.83. The molecule has 0 saturated heterocycles. The van der Waals surface area contributed by atoms with Gasteiger partial charge >= 0.3 is 11.9 Å². The Labute approximate surface area is 142 Å². The van der Waals surface area contributed by atoms with E-state index in [1.54, 1.807) is 31.2 Å². The van der Waals surface area contributed by atoms with Crippen molar-refractivity contribution in [1.82, 2.24) is 4.98 Å². The molecule has 0 aliphatic carbocycles. The van der Waals surface area contributed by atoms with E-state index in [1.807, 2.05) is 0 Å². The Bertz CT molecular complexity index is 856. The van der Waals surface area contributed by atoms with E-state index < -0.39 is 23.4 Å². The Morgan fingerprint density at radius 3 is 2.71 bits per heavy atom. The van der Waals surface area contributed by atoms with E-state index in [1.165, 1.54) is 6.20 Å². The van der Waals surface area contributed by atoms with E-state index in [9.17, 15) is 14.4 Å². The van der Waals surface area contributed by atoms with Crippen LogP contribution in [0.3, 0.4) is 0 Å². The zero-order valence-electron chi connectivity index (χ0n) is 12.8. The van der Waals surface area contributed by atoms with Crippen molar-refractivity contribution in [2.75, 3.05) is 6.61 Å². The topological polar surface area (TPSA) is 85.5 Å². The van der Waals surface area contributed by atoms with Crippen molar-refractivity contribution in [2.24, 2.45) is 0 Å². The van der Waals surface area contributed by atoms with Gasteiger partial charge in [0.2, 0.25) is 0 Å². The highest BCUT2D eigenvalue weighted by Gasteiger charge is 2.34. The molecule has 0 fully saturated rings. The molecule has 0 bridgehead atoms. The number of benzene rings is 1. The van der Waals surface area contributed by atoms with Crippen molar-refractivity contribution < 1.29 is 19.1 Å². The second-order valence-corrected chi connectivity index (χ2v) is 5.71. The number of ether oxygens (including phenoxy) is 2. The number of hydrogen-bond donors (Lipinski definition) is 1. The van der Waals surface area contributed by atoms with Gasteiger partial charge in [0, 0.05) is 17.1 Å². The largest absolute Gasteiger partial charge is 0.462 e. The standard InChI is InChI=1S/C17H14ClNO5/c1-2-23-17(22)12-8-19-16(21)14-11(7-13(20)24-15(12)14)9-3-5-10(18)6-4-9/h3-6,8,11H,2,7H2,1H3,(H,19,21)/t11-/m1/s1. The highest BCUT2D eigenvalue weighted by atomic mass is 35.5. The maximum atomic E-state index is 12.3. The summed E-state index contributed by atoms with van der Waals surface area (Å²) in [6.07, 6.45) is 1.21. The number of esters is 2. The molecule has 2 heterocycles. The number of fused-ring (bicyclic) bond motifs is 1. The number of halogens is 1. The number of carbonyl (C=O) groups excluding carboxylic acids is 2. The maximum Gasteiger partial charge on any atom is 0.343 e. The summed E-state index contributed by atoms with van der Waals surface area (Å²) in [5.74, 6) is -1.72. The summed E-state index contributed by atoms with van der Waals surface area (Å²) in [4.78, 5) is 38.9. The van der Waals surface area contributed by atoms with Crippen LogP contribution in [-0.2, 0) is 9.53 Å². The van der Waals surface area contributed by atoms with Crippen LogP contribution in [0, 0.1) is 0 Å². The van der Waals surface area contributed by atoms with Crippen molar-refractivity contribution >= 4 is 23.5 Å². The molecule has 1 atom stereocenters. The lowest BCUT2D eigenvalue weighted by Crippen LogP contribution is -2.30. The molecular formula is C17H14ClNO5. The molecule has 24 heavy (non-hydrogen) atoms. The number of rotatable bonds is 3. The fourth-order valence-electron chi connectivity index (χ4n) is 2.72. The van der Waals surface area contributed by atoms with Gasteiger partial charge in [-0.05, 0) is 24.6 Å². The summed E-state index contributed by atoms with van der Waals surface area (Å²) < 4.78 is 10.2. The second-order valence-electron chi connectivity index (χ2n) is 5.28. The van der Waals surface area contributed by atoms with Gasteiger partial charge in [-0.25, -0.2) is 4.79 Å². The summed E-state index contributed by atoms with van der Waals surface area (Å²) in [6, 6.07) is 6.84. The van der Waals surface area contributed by atoms with Crippen LogP contribution in [0.2, 0.25) is 5.02 Å². The highest BCUT2D eigenvalue weighted by Crippen LogP contribution is 2.38. The minimum absolute atomic E-state index is 0.00396. The van der Waals surface area contributed by atoms with Crippen LogP contribution < -0.4 is 10.3 Å². The highest BCUT2D eigenvalue weighted by molar-refractivity contribution is 6.30. The predicted octanol–water partition coefficient (Wildman–Crippen LogP) is 2.65. The van der Waals surface area contributed by atoms with Crippen LogP contribution >= 0.6 is 11.6 Å². The van der Waals surface area contributed by atoms with Crippen LogP contribution in [-0.4, -0.2) is 23.5 Å². The van der Waals surface area contributed by atoms with Crippen molar-refractivity contribution in [1.29, 1.82) is 0 Å². The molecule has 0 radical (unpaired) electrons. The Balaban J connectivity index is 2.16. The summed E-state index contributed by atoms with van der Waals surface area (Å²) in [5, 5.41) is 0.548. The first kappa shape index (κ1) is 16.3. The number of H-pyrrole nitrogens is 1. The van der Waals surface area contributed by atoms with Gasteiger partial charge < -0.3 is 14.5 Å². The first-order chi connectivity index (χ1) is 11.5. The number of aromatic amines is 1. The smallest absolute Gasteiger partial charge is 0.343 e. The Hall–Kier alpha value is -2.60. The van der Waals surface area contributed by atoms with Crippen LogP contribution in [0.1, 0.15) is 40.7 Å². The molecule has 0 saturated carbocycles. The molecular weight excluding hydrogens is 334 g/mol. The summed E-state index contributed by atoms with van der Waals surface area (Å²) >= 11 is 5.89. The average Bonchev–Trinajstić information content (AvgIpc) is 2.55. The molecule has 0 amide bonds. The summed E-state index contributed by atoms with van der Waals surface area (Å²) in [7, 11) is 0. The van der Waals surface area contributed by atoms with Gasteiger partial charge in [0.05, 0.1) is 18.6 Å². The first-order valence-corrected chi connectivity index (χ1v) is 7.78. The van der Waals surface area contributed by atoms with Gasteiger partial charge in [-0.2, -0.15) is 0 Å². The number of pyridine rings is 1. The molecule has 1 aromatic carbocycles. The quantitative estimate of drug-likeness (QED) is 0.863. The number of carbonyl (C=O) groups is 2. The Morgan fingerprint density at radius 2 is 2.04 bits per heavy atom. The van der Waals surface area contributed by atoms with Crippen LogP contribution in [0.4, 0.5) is 0 Å². The third-order valence-electron chi connectivity index (χ3n) is 3.78. The van der Waals surface area contributed by atoms with Crippen LogP contribution in [0.25, 0.3) is 0 Å². The monoisotopic (exact) mass is 347 g/mol. The number of hydrogen-bond acceptors (Lipinski definition) is 5. The van der Waals surface area contributed by atoms with Gasteiger partial charge in [0.15, 0.2) is 5.75 Å². The number of aromatic nitrogens is 1. The van der Waals surface area contributed by atoms with Gasteiger partial charge in [-0.15, -0.1) is 0 Å². The third kappa shape index (κ3) is 2.92. The lowest BCUT2D eigenvalue weighted by Gasteiger charge is -2.25. The molecule has 3 rings (SSSR count). The summed E-state index contributed by atoms with van der Waals surface area (Å²) in [5.41, 5.74) is 0.593. The third-order valence-corrected chi connectivity index (χ3v) is 4.04. The molecule has 6 nitrogen and oxygen atoms in total. The van der Waals surface area contributed by atoms with E-state index in [4.69, 9.17) is 21.1 Å². The zero-order chi connectivity index (χ0) is 17.3. The SMILES string of the molecule is CCOC(=O)c1c[nH]c(=O)c2c1OC(=O)C[C@@H]2c1ccc(Cl)cc1. The van der Waals surface area contributed by atoms with E-state index in [2.05, 4.69) is 4.98 Å². The van der Waals surface area contributed by atoms with Gasteiger partial charge in [0.25, 0.3) is 5.56 Å². The van der Waals surface area contributed by atoms with E-state index >= 15 is 0 Å². The van der Waals surface area contributed by atoms with Crippen LogP contribution in [0.15, 0.2) is 35.3 Å². The van der Waals surface area contributed by atoms with Crippen molar-refractivity contribution in [3.05, 3.63) is 62.5 Å². The molecule has 1 aromatic heterocycles. The maximum absolute atomic E-state index is 12.3. The first-order valence-electron chi connectivity index (χ1n) is 7.40. The minimum atomic E-state index is -0.658. The lowest BCUT2D eigenvalue weighted by atomic mass is 9.86. The molecule has 2 aromatic rings. The van der Waals surface area contributed by atoms with Crippen molar-refractivity contribution in [3.8, 4) is 5.75 Å². The van der Waals surface area contributed by atoms with Crippen LogP contribution in [0.5, 0.6) is 5.75 Å².